The van der Waals surface area contributed by atoms with E-state index in [0.717, 1.165) is 10.4 Å². The predicted octanol–water partition coefficient (Wildman–Crippen LogP) is 2.43. The number of benzene rings is 1. The second kappa shape index (κ2) is 6.32. The molecule has 0 saturated carbocycles. The van der Waals surface area contributed by atoms with E-state index in [0.29, 0.717) is 13.0 Å². The van der Waals surface area contributed by atoms with Gasteiger partial charge in [-0.25, -0.2) is 0 Å². The molecular weight excluding hydrogens is 296 g/mol. The van der Waals surface area contributed by atoms with E-state index >= 15 is 0 Å². The first kappa shape index (κ1) is 14.8. The molecule has 2 amide bonds. The Balaban J connectivity index is 1.79. The Labute approximate surface area is 133 Å². The van der Waals surface area contributed by atoms with Gasteiger partial charge in [-0.05, 0) is 17.0 Å². The van der Waals surface area contributed by atoms with Crippen molar-refractivity contribution in [1.82, 2.24) is 10.2 Å². The maximum Gasteiger partial charge on any atom is 0.226 e. The van der Waals surface area contributed by atoms with Crippen molar-refractivity contribution in [3.8, 4) is 0 Å². The molecule has 4 nitrogen and oxygen atoms in total. The van der Waals surface area contributed by atoms with E-state index in [-0.39, 0.29) is 23.8 Å². The van der Waals surface area contributed by atoms with Crippen LogP contribution in [0.5, 0.6) is 0 Å². The van der Waals surface area contributed by atoms with Gasteiger partial charge < -0.3 is 10.2 Å². The number of rotatable bonds is 4. The van der Waals surface area contributed by atoms with Gasteiger partial charge in [-0.2, -0.15) is 0 Å². The van der Waals surface area contributed by atoms with E-state index < -0.39 is 0 Å². The summed E-state index contributed by atoms with van der Waals surface area (Å²) < 4.78 is 0. The summed E-state index contributed by atoms with van der Waals surface area (Å²) >= 11 is 1.62. The smallest absolute Gasteiger partial charge is 0.226 e. The highest BCUT2D eigenvalue weighted by molar-refractivity contribution is 7.10. The minimum Gasteiger partial charge on any atom is -0.345 e. The Kier molecular flexibility index (Phi) is 4.24. The Morgan fingerprint density at radius 2 is 2.05 bits per heavy atom. The largest absolute Gasteiger partial charge is 0.345 e. The molecule has 0 unspecified atom stereocenters. The van der Waals surface area contributed by atoms with Crippen LogP contribution in [0.2, 0.25) is 0 Å². The lowest BCUT2D eigenvalue weighted by atomic mass is 10.0. The van der Waals surface area contributed by atoms with Crippen LogP contribution in [-0.2, 0) is 9.59 Å². The van der Waals surface area contributed by atoms with Crippen LogP contribution < -0.4 is 5.32 Å². The lowest BCUT2D eigenvalue weighted by molar-refractivity contribution is -0.128. The van der Waals surface area contributed by atoms with Crippen molar-refractivity contribution < 1.29 is 9.59 Å². The van der Waals surface area contributed by atoms with Crippen LogP contribution in [0.3, 0.4) is 0 Å². The molecule has 0 aliphatic carbocycles. The summed E-state index contributed by atoms with van der Waals surface area (Å²) in [6.07, 6.45) is 0.300. The van der Waals surface area contributed by atoms with Crippen LogP contribution in [0.15, 0.2) is 47.8 Å². The molecule has 0 radical (unpaired) electrons. The van der Waals surface area contributed by atoms with Crippen molar-refractivity contribution in [1.29, 1.82) is 0 Å². The third-order valence-electron chi connectivity index (χ3n) is 3.96. The first-order chi connectivity index (χ1) is 10.6. The van der Waals surface area contributed by atoms with Crippen molar-refractivity contribution in [3.05, 3.63) is 58.3 Å². The molecular formula is C17H18N2O2S. The van der Waals surface area contributed by atoms with E-state index in [1.165, 1.54) is 0 Å². The molecule has 2 atom stereocenters. The number of carbonyl (C=O) groups is 2. The maximum absolute atomic E-state index is 12.5. The van der Waals surface area contributed by atoms with Crippen molar-refractivity contribution in [2.24, 2.45) is 5.92 Å². The van der Waals surface area contributed by atoms with E-state index in [1.807, 2.05) is 47.8 Å². The molecule has 5 heteroatoms. The number of amides is 2. The fraction of sp³-hybridized carbons (Fsp3) is 0.294. The van der Waals surface area contributed by atoms with Crippen molar-refractivity contribution in [3.63, 3.8) is 0 Å². The summed E-state index contributed by atoms with van der Waals surface area (Å²) in [5, 5.41) is 5.12. The molecule has 0 bridgehead atoms. The fourth-order valence-corrected chi connectivity index (χ4v) is 3.52. The van der Waals surface area contributed by atoms with Gasteiger partial charge in [0.25, 0.3) is 0 Å². The molecule has 114 valence electrons. The third kappa shape index (κ3) is 3.04. The van der Waals surface area contributed by atoms with E-state index in [1.54, 1.807) is 23.3 Å². The van der Waals surface area contributed by atoms with Crippen LogP contribution >= 0.6 is 11.3 Å². The van der Waals surface area contributed by atoms with Crippen molar-refractivity contribution >= 4 is 23.2 Å². The second-order valence-corrected chi connectivity index (χ2v) is 6.52. The normalized spacial score (nSPS) is 19.2. The number of nitrogens with one attached hydrogen (secondary N) is 1. The zero-order chi connectivity index (χ0) is 15.5. The van der Waals surface area contributed by atoms with Crippen molar-refractivity contribution in [2.45, 2.75) is 12.5 Å². The Bertz CT molecular complexity index is 655. The Hall–Kier alpha value is -2.14. The molecule has 0 spiro atoms. The lowest BCUT2D eigenvalue weighted by Crippen LogP contribution is -2.35. The molecule has 1 fully saturated rings. The van der Waals surface area contributed by atoms with Gasteiger partial charge in [0.1, 0.15) is 0 Å². The quantitative estimate of drug-likeness (QED) is 0.942. The molecule has 22 heavy (non-hydrogen) atoms. The molecule has 1 aliphatic heterocycles. The first-order valence-corrected chi connectivity index (χ1v) is 8.16. The topological polar surface area (TPSA) is 49.4 Å². The average molecular weight is 314 g/mol. The highest BCUT2D eigenvalue weighted by Gasteiger charge is 2.33. The number of likely N-dealkylation sites (tertiary alicyclic amines) is 1. The van der Waals surface area contributed by atoms with Crippen LogP contribution in [0.1, 0.15) is 22.9 Å². The number of carbonyl (C=O) groups excluding carboxylic acids is 2. The van der Waals surface area contributed by atoms with Crippen molar-refractivity contribution in [2.75, 3.05) is 13.6 Å². The predicted molar refractivity (Wildman–Crippen MR) is 86.5 cm³/mol. The van der Waals surface area contributed by atoms with Gasteiger partial charge in [0.15, 0.2) is 0 Å². The number of hydrogen-bond donors (Lipinski definition) is 1. The zero-order valence-corrected chi connectivity index (χ0v) is 13.2. The highest BCUT2D eigenvalue weighted by Crippen LogP contribution is 2.27. The minimum atomic E-state index is -0.260. The van der Waals surface area contributed by atoms with Gasteiger partial charge in [-0.1, -0.05) is 36.4 Å². The monoisotopic (exact) mass is 314 g/mol. The summed E-state index contributed by atoms with van der Waals surface area (Å²) in [5.74, 6) is -0.281. The van der Waals surface area contributed by atoms with Gasteiger partial charge >= 0.3 is 0 Å². The lowest BCUT2D eigenvalue weighted by Gasteiger charge is -2.20. The fourth-order valence-electron chi connectivity index (χ4n) is 2.72. The zero-order valence-electron chi connectivity index (χ0n) is 12.4. The second-order valence-electron chi connectivity index (χ2n) is 5.54. The summed E-state index contributed by atoms with van der Waals surface area (Å²) in [4.78, 5) is 26.9. The number of thiophene rings is 1. The van der Waals surface area contributed by atoms with E-state index in [4.69, 9.17) is 0 Å². The first-order valence-electron chi connectivity index (χ1n) is 7.28. The van der Waals surface area contributed by atoms with Gasteiger partial charge in [-0.15, -0.1) is 11.3 Å². The molecule has 1 aromatic carbocycles. The van der Waals surface area contributed by atoms with Gasteiger partial charge in [0, 0.05) is 24.9 Å². The van der Waals surface area contributed by atoms with Crippen LogP contribution in [0.25, 0.3) is 0 Å². The van der Waals surface area contributed by atoms with E-state index in [2.05, 4.69) is 5.32 Å². The maximum atomic E-state index is 12.5. The van der Waals surface area contributed by atoms with Crippen LogP contribution in [-0.4, -0.2) is 30.3 Å². The van der Waals surface area contributed by atoms with Gasteiger partial charge in [0.05, 0.1) is 12.0 Å². The number of nitrogens with zero attached hydrogens (tertiary/aromatic N) is 1. The van der Waals surface area contributed by atoms with Gasteiger partial charge in [0.2, 0.25) is 11.8 Å². The summed E-state index contributed by atoms with van der Waals surface area (Å²) in [6, 6.07) is 13.8. The molecule has 1 aromatic heterocycles. The summed E-state index contributed by atoms with van der Waals surface area (Å²) in [5.41, 5.74) is 1.05. The number of hydrogen-bond acceptors (Lipinski definition) is 3. The van der Waals surface area contributed by atoms with E-state index in [9.17, 15) is 9.59 Å². The molecule has 1 saturated heterocycles. The molecule has 2 heterocycles. The minimum absolute atomic E-state index is 0.0348. The summed E-state index contributed by atoms with van der Waals surface area (Å²) in [7, 11) is 1.74. The van der Waals surface area contributed by atoms with Gasteiger partial charge in [-0.3, -0.25) is 9.59 Å². The Morgan fingerprint density at radius 3 is 2.64 bits per heavy atom. The Morgan fingerprint density at radius 1 is 1.27 bits per heavy atom. The van der Waals surface area contributed by atoms with Crippen LogP contribution in [0, 0.1) is 5.92 Å². The highest BCUT2D eigenvalue weighted by atomic mass is 32.1. The SMILES string of the molecule is CN1C[C@@H](C(=O)N[C@@H](c2ccccc2)c2cccs2)CC1=O. The standard InChI is InChI=1S/C17H18N2O2S/c1-19-11-13(10-15(19)20)17(21)18-16(14-8-5-9-22-14)12-6-3-2-4-7-12/h2-9,13,16H,10-11H2,1H3,(H,18,21)/t13-,16-/m0/s1. The summed E-state index contributed by atoms with van der Waals surface area (Å²) in [6.45, 7) is 0.497. The molecule has 1 aliphatic rings. The average Bonchev–Trinajstić information content (AvgIpc) is 3.16. The third-order valence-corrected chi connectivity index (χ3v) is 4.90. The molecule has 2 aromatic rings. The van der Waals surface area contributed by atoms with Crippen LogP contribution in [0.4, 0.5) is 0 Å². The molecule has 1 N–H and O–H groups in total. The molecule has 3 rings (SSSR count).